The molecule has 0 fully saturated rings. The highest BCUT2D eigenvalue weighted by Gasteiger charge is 2.04. The van der Waals surface area contributed by atoms with Gasteiger partial charge in [0.25, 0.3) is 5.91 Å². The normalized spacial score (nSPS) is 10.7. The minimum absolute atomic E-state index is 0.244. The van der Waals surface area contributed by atoms with Crippen molar-refractivity contribution in [3.05, 3.63) is 95.1 Å². The minimum Gasteiger partial charge on any atom is -0.493 e. The van der Waals surface area contributed by atoms with Gasteiger partial charge in [-0.3, -0.25) is 9.63 Å². The van der Waals surface area contributed by atoms with E-state index in [0.717, 1.165) is 22.4 Å². The third kappa shape index (κ3) is 6.89. The van der Waals surface area contributed by atoms with Gasteiger partial charge in [-0.2, -0.15) is 0 Å². The molecule has 1 amide bonds. The molecular formula is C26H27NO5. The van der Waals surface area contributed by atoms with Crippen molar-refractivity contribution in [1.29, 1.82) is 0 Å². The van der Waals surface area contributed by atoms with Crippen LogP contribution in [0.5, 0.6) is 17.2 Å². The second kappa shape index (κ2) is 11.6. The van der Waals surface area contributed by atoms with Crippen molar-refractivity contribution in [3.63, 3.8) is 0 Å². The lowest BCUT2D eigenvalue weighted by Gasteiger charge is -2.08. The predicted molar refractivity (Wildman–Crippen MR) is 123 cm³/mol. The first kappa shape index (κ1) is 22.9. The van der Waals surface area contributed by atoms with Crippen molar-refractivity contribution in [2.75, 3.05) is 14.2 Å². The summed E-state index contributed by atoms with van der Waals surface area (Å²) in [5, 5.41) is 0. The molecule has 32 heavy (non-hydrogen) atoms. The van der Waals surface area contributed by atoms with Crippen LogP contribution < -0.4 is 19.7 Å². The fourth-order valence-corrected chi connectivity index (χ4v) is 2.89. The first-order valence-corrected chi connectivity index (χ1v) is 10.2. The molecule has 166 valence electrons. The molecule has 0 saturated carbocycles. The van der Waals surface area contributed by atoms with E-state index >= 15 is 0 Å². The molecule has 0 aliphatic heterocycles. The standard InChI is InChI=1S/C26H27NO5/c1-19-4-6-21(7-5-19)17-31-23-12-8-22(9-13-23)18-32-27-26(28)15-11-20-10-14-24(29-2)25(16-20)30-3/h4-16H,17-18H2,1-3H3,(H,27,28). The average Bonchev–Trinajstić information content (AvgIpc) is 2.83. The molecule has 1 N–H and O–H groups in total. The van der Waals surface area contributed by atoms with E-state index in [1.165, 1.54) is 11.6 Å². The maximum atomic E-state index is 12.0. The monoisotopic (exact) mass is 433 g/mol. The third-order valence-electron chi connectivity index (χ3n) is 4.70. The van der Waals surface area contributed by atoms with E-state index in [2.05, 4.69) is 36.7 Å². The Bertz CT molecular complexity index is 1040. The Hall–Kier alpha value is -3.77. The minimum atomic E-state index is -0.363. The summed E-state index contributed by atoms with van der Waals surface area (Å²) in [5.74, 6) is 1.63. The van der Waals surface area contributed by atoms with Crippen molar-refractivity contribution in [2.45, 2.75) is 20.1 Å². The Kier molecular flexibility index (Phi) is 8.29. The molecule has 0 aromatic heterocycles. The number of hydrogen-bond acceptors (Lipinski definition) is 5. The van der Waals surface area contributed by atoms with Crippen molar-refractivity contribution >= 4 is 12.0 Å². The quantitative estimate of drug-likeness (QED) is 0.366. The SMILES string of the molecule is COc1ccc(C=CC(=O)NOCc2ccc(OCc3ccc(C)cc3)cc2)cc1OC. The lowest BCUT2D eigenvalue weighted by Crippen LogP contribution is -2.21. The molecule has 6 nitrogen and oxygen atoms in total. The number of hydrogen-bond donors (Lipinski definition) is 1. The van der Waals surface area contributed by atoms with E-state index in [9.17, 15) is 4.79 Å². The summed E-state index contributed by atoms with van der Waals surface area (Å²) in [7, 11) is 3.14. The first-order chi connectivity index (χ1) is 15.6. The Morgan fingerprint density at radius 2 is 1.50 bits per heavy atom. The highest BCUT2D eigenvalue weighted by molar-refractivity contribution is 5.91. The molecule has 0 aliphatic rings. The van der Waals surface area contributed by atoms with Gasteiger partial charge in [0.1, 0.15) is 12.4 Å². The van der Waals surface area contributed by atoms with Crippen LogP contribution in [0.2, 0.25) is 0 Å². The maximum absolute atomic E-state index is 12.0. The van der Waals surface area contributed by atoms with E-state index in [1.807, 2.05) is 30.3 Å². The molecule has 0 saturated heterocycles. The largest absolute Gasteiger partial charge is 0.493 e. The fourth-order valence-electron chi connectivity index (χ4n) is 2.89. The maximum Gasteiger partial charge on any atom is 0.267 e. The van der Waals surface area contributed by atoms with Gasteiger partial charge in [0.2, 0.25) is 0 Å². The van der Waals surface area contributed by atoms with Crippen LogP contribution in [0.1, 0.15) is 22.3 Å². The van der Waals surface area contributed by atoms with Crippen LogP contribution in [0.15, 0.2) is 72.8 Å². The van der Waals surface area contributed by atoms with Crippen molar-refractivity contribution in [2.24, 2.45) is 0 Å². The van der Waals surface area contributed by atoms with Crippen LogP contribution in [0.3, 0.4) is 0 Å². The predicted octanol–water partition coefficient (Wildman–Crippen LogP) is 4.85. The summed E-state index contributed by atoms with van der Waals surface area (Å²) in [4.78, 5) is 17.3. The van der Waals surface area contributed by atoms with Gasteiger partial charge in [0.15, 0.2) is 11.5 Å². The average molecular weight is 434 g/mol. The molecule has 3 aromatic rings. The molecular weight excluding hydrogens is 406 g/mol. The fraction of sp³-hybridized carbons (Fsp3) is 0.192. The topological polar surface area (TPSA) is 66.0 Å². The van der Waals surface area contributed by atoms with Gasteiger partial charge < -0.3 is 14.2 Å². The van der Waals surface area contributed by atoms with Crippen LogP contribution in [-0.4, -0.2) is 20.1 Å². The smallest absolute Gasteiger partial charge is 0.267 e. The summed E-state index contributed by atoms with van der Waals surface area (Å²) in [6, 6.07) is 21.2. The Morgan fingerprint density at radius 3 is 2.19 bits per heavy atom. The van der Waals surface area contributed by atoms with Crippen LogP contribution >= 0.6 is 0 Å². The summed E-state index contributed by atoms with van der Waals surface area (Å²) < 4.78 is 16.3. The lowest BCUT2D eigenvalue weighted by atomic mass is 10.2. The second-order valence-corrected chi connectivity index (χ2v) is 7.12. The van der Waals surface area contributed by atoms with Gasteiger partial charge in [0, 0.05) is 6.08 Å². The van der Waals surface area contributed by atoms with Crippen LogP contribution in [-0.2, 0) is 22.8 Å². The zero-order chi connectivity index (χ0) is 22.8. The van der Waals surface area contributed by atoms with E-state index in [0.29, 0.717) is 18.1 Å². The number of carbonyl (C=O) groups is 1. The molecule has 0 aliphatic carbocycles. The van der Waals surface area contributed by atoms with Gasteiger partial charge in [-0.25, -0.2) is 5.48 Å². The molecule has 0 spiro atoms. The zero-order valence-corrected chi connectivity index (χ0v) is 18.5. The summed E-state index contributed by atoms with van der Waals surface area (Å²) in [6.07, 6.45) is 3.06. The van der Waals surface area contributed by atoms with Crippen molar-refractivity contribution < 1.29 is 23.8 Å². The highest BCUT2D eigenvalue weighted by atomic mass is 16.6. The van der Waals surface area contributed by atoms with Gasteiger partial charge in [0.05, 0.1) is 20.8 Å². The van der Waals surface area contributed by atoms with Crippen LogP contribution in [0, 0.1) is 6.92 Å². The van der Waals surface area contributed by atoms with Crippen molar-refractivity contribution in [1.82, 2.24) is 5.48 Å². The molecule has 0 bridgehead atoms. The van der Waals surface area contributed by atoms with Crippen molar-refractivity contribution in [3.8, 4) is 17.2 Å². The molecule has 0 unspecified atom stereocenters. The zero-order valence-electron chi connectivity index (χ0n) is 18.5. The number of methoxy groups -OCH3 is 2. The summed E-state index contributed by atoms with van der Waals surface area (Å²) >= 11 is 0. The van der Waals surface area contributed by atoms with Gasteiger partial charge in [-0.05, 0) is 54.0 Å². The number of carbonyl (C=O) groups excluding carboxylic acids is 1. The van der Waals surface area contributed by atoms with E-state index in [4.69, 9.17) is 19.0 Å². The van der Waals surface area contributed by atoms with Gasteiger partial charge in [-0.15, -0.1) is 0 Å². The van der Waals surface area contributed by atoms with Gasteiger partial charge in [-0.1, -0.05) is 48.0 Å². The van der Waals surface area contributed by atoms with Crippen LogP contribution in [0.4, 0.5) is 0 Å². The molecule has 0 heterocycles. The lowest BCUT2D eigenvalue weighted by molar-refractivity contribution is -0.129. The Balaban J connectivity index is 1.42. The van der Waals surface area contributed by atoms with E-state index in [1.54, 1.807) is 32.4 Å². The van der Waals surface area contributed by atoms with Crippen LogP contribution in [0.25, 0.3) is 6.08 Å². The summed E-state index contributed by atoms with van der Waals surface area (Å²) in [6.45, 7) is 2.81. The third-order valence-corrected chi connectivity index (χ3v) is 4.70. The molecule has 0 radical (unpaired) electrons. The first-order valence-electron chi connectivity index (χ1n) is 10.2. The highest BCUT2D eigenvalue weighted by Crippen LogP contribution is 2.27. The Morgan fingerprint density at radius 1 is 0.844 bits per heavy atom. The second-order valence-electron chi connectivity index (χ2n) is 7.12. The number of aryl methyl sites for hydroxylation is 1. The number of ether oxygens (including phenoxy) is 3. The molecule has 3 rings (SSSR count). The summed E-state index contributed by atoms with van der Waals surface area (Å²) in [5.41, 5.74) is 6.47. The molecule has 3 aromatic carbocycles. The number of nitrogens with one attached hydrogen (secondary N) is 1. The van der Waals surface area contributed by atoms with E-state index < -0.39 is 0 Å². The number of benzene rings is 3. The number of hydroxylamine groups is 1. The van der Waals surface area contributed by atoms with E-state index in [-0.39, 0.29) is 12.5 Å². The number of amides is 1. The molecule has 6 heteroatoms. The Labute approximate surface area is 188 Å². The number of rotatable bonds is 10. The molecule has 0 atom stereocenters. The van der Waals surface area contributed by atoms with Gasteiger partial charge >= 0.3 is 0 Å².